The molecule has 1 aliphatic carbocycles. The highest BCUT2D eigenvalue weighted by molar-refractivity contribution is 5.81. The van der Waals surface area contributed by atoms with Gasteiger partial charge in [0.05, 0.1) is 6.10 Å². The van der Waals surface area contributed by atoms with Gasteiger partial charge in [-0.2, -0.15) is 0 Å². The van der Waals surface area contributed by atoms with E-state index in [9.17, 15) is 15.0 Å². The number of piperidine rings is 1. The molecule has 1 saturated carbocycles. The predicted octanol–water partition coefficient (Wildman–Crippen LogP) is 1.33. The lowest BCUT2D eigenvalue weighted by Gasteiger charge is -2.34. The SMILES string of the molecule is O=C(NC1CC1)[C@@H](O)C1CCN(C[C@@H](O)CCc2ccccc2)CC1. The maximum absolute atomic E-state index is 12.0. The van der Waals surface area contributed by atoms with Crippen LogP contribution in [0.4, 0.5) is 0 Å². The van der Waals surface area contributed by atoms with Crippen molar-refractivity contribution < 1.29 is 15.0 Å². The molecule has 2 fully saturated rings. The Labute approximate surface area is 150 Å². The number of carbonyl (C=O) groups excluding carboxylic acids is 1. The smallest absolute Gasteiger partial charge is 0.249 e. The molecule has 0 spiro atoms. The van der Waals surface area contributed by atoms with E-state index in [-0.39, 0.29) is 17.9 Å². The molecule has 0 bridgehead atoms. The summed E-state index contributed by atoms with van der Waals surface area (Å²) in [7, 11) is 0. The zero-order chi connectivity index (χ0) is 17.6. The van der Waals surface area contributed by atoms with Crippen LogP contribution in [0.1, 0.15) is 37.7 Å². The van der Waals surface area contributed by atoms with Crippen molar-refractivity contribution in [3.05, 3.63) is 35.9 Å². The maximum Gasteiger partial charge on any atom is 0.249 e. The number of nitrogens with zero attached hydrogens (tertiary/aromatic N) is 1. The Kier molecular flexibility index (Phi) is 6.45. The Morgan fingerprint density at radius 3 is 2.44 bits per heavy atom. The van der Waals surface area contributed by atoms with Gasteiger partial charge in [-0.1, -0.05) is 30.3 Å². The number of β-amino-alcohol motifs (C(OH)–C–C–N with tert-alkyl or cyclic N) is 1. The molecule has 3 N–H and O–H groups in total. The number of likely N-dealkylation sites (tertiary alicyclic amines) is 1. The summed E-state index contributed by atoms with van der Waals surface area (Å²) >= 11 is 0. The first kappa shape index (κ1) is 18.4. The summed E-state index contributed by atoms with van der Waals surface area (Å²) in [5.41, 5.74) is 1.25. The molecule has 5 heteroatoms. The lowest BCUT2D eigenvalue weighted by atomic mass is 9.90. The van der Waals surface area contributed by atoms with Crippen molar-refractivity contribution >= 4 is 5.91 Å². The number of benzene rings is 1. The number of aliphatic hydroxyl groups excluding tert-OH is 2. The molecule has 0 aromatic heterocycles. The van der Waals surface area contributed by atoms with Crippen LogP contribution in [-0.4, -0.2) is 58.9 Å². The van der Waals surface area contributed by atoms with E-state index in [0.717, 1.165) is 51.6 Å². The van der Waals surface area contributed by atoms with Crippen molar-refractivity contribution in [2.24, 2.45) is 5.92 Å². The lowest BCUT2D eigenvalue weighted by molar-refractivity contribution is -0.133. The Balaban J connectivity index is 1.34. The first-order valence-electron chi connectivity index (χ1n) is 9.54. The molecule has 2 aliphatic rings. The molecule has 1 amide bonds. The summed E-state index contributed by atoms with van der Waals surface area (Å²) in [5.74, 6) is -0.166. The first-order chi connectivity index (χ1) is 12.1. The molecule has 5 nitrogen and oxygen atoms in total. The standard InChI is InChI=1S/C20H30N2O3/c23-18(9-6-15-4-2-1-3-5-15)14-22-12-10-16(11-13-22)19(24)20(25)21-17-7-8-17/h1-5,16-19,23-24H,6-14H2,(H,21,25)/t18-,19-/m0/s1. The third-order valence-corrected chi connectivity index (χ3v) is 5.35. The highest BCUT2D eigenvalue weighted by atomic mass is 16.3. The van der Waals surface area contributed by atoms with Gasteiger partial charge in [-0.3, -0.25) is 4.79 Å². The van der Waals surface area contributed by atoms with Crippen LogP contribution < -0.4 is 5.32 Å². The molecule has 1 aromatic rings. The van der Waals surface area contributed by atoms with Gasteiger partial charge in [0.15, 0.2) is 0 Å². The number of carbonyl (C=O) groups is 1. The van der Waals surface area contributed by atoms with Crippen LogP contribution in [0.5, 0.6) is 0 Å². The van der Waals surface area contributed by atoms with Crippen molar-refractivity contribution in [1.82, 2.24) is 10.2 Å². The van der Waals surface area contributed by atoms with Gasteiger partial charge in [-0.05, 0) is 63.1 Å². The number of aryl methyl sites for hydroxylation is 1. The molecule has 2 atom stereocenters. The van der Waals surface area contributed by atoms with Gasteiger partial charge in [-0.25, -0.2) is 0 Å². The Bertz CT molecular complexity index is 539. The summed E-state index contributed by atoms with van der Waals surface area (Å²) in [5, 5.41) is 23.4. The maximum atomic E-state index is 12.0. The third-order valence-electron chi connectivity index (χ3n) is 5.35. The molecular weight excluding hydrogens is 316 g/mol. The van der Waals surface area contributed by atoms with Gasteiger partial charge >= 0.3 is 0 Å². The zero-order valence-corrected chi connectivity index (χ0v) is 14.8. The van der Waals surface area contributed by atoms with Gasteiger partial charge in [-0.15, -0.1) is 0 Å². The minimum absolute atomic E-state index is 0.0384. The molecule has 3 rings (SSSR count). The fourth-order valence-corrected chi connectivity index (χ4v) is 3.55. The monoisotopic (exact) mass is 346 g/mol. The van der Waals surface area contributed by atoms with E-state index in [4.69, 9.17) is 0 Å². The highest BCUT2D eigenvalue weighted by Crippen LogP contribution is 2.23. The van der Waals surface area contributed by atoms with Crippen LogP contribution in [0.3, 0.4) is 0 Å². The second kappa shape index (κ2) is 8.79. The number of aliphatic hydroxyl groups is 2. The van der Waals surface area contributed by atoms with Gasteiger partial charge in [0.25, 0.3) is 0 Å². The Morgan fingerprint density at radius 2 is 1.80 bits per heavy atom. The average molecular weight is 346 g/mol. The van der Waals surface area contributed by atoms with Crippen molar-refractivity contribution in [2.45, 2.75) is 56.8 Å². The Hall–Kier alpha value is -1.43. The van der Waals surface area contributed by atoms with Gasteiger partial charge in [0, 0.05) is 12.6 Å². The molecular formula is C20H30N2O3. The first-order valence-corrected chi connectivity index (χ1v) is 9.54. The van der Waals surface area contributed by atoms with Crippen LogP contribution in [0.2, 0.25) is 0 Å². The van der Waals surface area contributed by atoms with Gasteiger partial charge < -0.3 is 20.4 Å². The minimum Gasteiger partial charge on any atom is -0.392 e. The molecule has 1 aliphatic heterocycles. The molecule has 25 heavy (non-hydrogen) atoms. The number of hydrogen-bond acceptors (Lipinski definition) is 4. The van der Waals surface area contributed by atoms with E-state index < -0.39 is 6.10 Å². The van der Waals surface area contributed by atoms with Crippen LogP contribution in [0, 0.1) is 5.92 Å². The van der Waals surface area contributed by atoms with Gasteiger partial charge in [0.1, 0.15) is 6.10 Å². The number of nitrogens with one attached hydrogen (secondary N) is 1. The zero-order valence-electron chi connectivity index (χ0n) is 14.8. The Morgan fingerprint density at radius 1 is 1.12 bits per heavy atom. The highest BCUT2D eigenvalue weighted by Gasteiger charge is 2.33. The van der Waals surface area contributed by atoms with E-state index in [1.54, 1.807) is 0 Å². The molecule has 1 heterocycles. The molecule has 1 aromatic carbocycles. The largest absolute Gasteiger partial charge is 0.392 e. The van der Waals surface area contributed by atoms with Crippen LogP contribution in [0.15, 0.2) is 30.3 Å². The minimum atomic E-state index is -0.884. The molecule has 138 valence electrons. The normalized spacial score (nSPS) is 21.7. The van der Waals surface area contributed by atoms with Crippen molar-refractivity contribution in [3.63, 3.8) is 0 Å². The van der Waals surface area contributed by atoms with E-state index in [1.807, 2.05) is 18.2 Å². The predicted molar refractivity (Wildman–Crippen MR) is 97.1 cm³/mol. The number of amides is 1. The molecule has 0 unspecified atom stereocenters. The summed E-state index contributed by atoms with van der Waals surface area (Å²) in [4.78, 5) is 14.2. The summed E-state index contributed by atoms with van der Waals surface area (Å²) in [6.45, 7) is 2.34. The van der Waals surface area contributed by atoms with E-state index in [1.165, 1.54) is 5.56 Å². The van der Waals surface area contributed by atoms with Gasteiger partial charge in [0.2, 0.25) is 5.91 Å². The summed E-state index contributed by atoms with van der Waals surface area (Å²) in [6, 6.07) is 10.5. The fourth-order valence-electron chi connectivity index (χ4n) is 3.55. The summed E-state index contributed by atoms with van der Waals surface area (Å²) in [6.07, 6.45) is 4.13. The van der Waals surface area contributed by atoms with Crippen LogP contribution in [-0.2, 0) is 11.2 Å². The number of rotatable bonds is 8. The van der Waals surface area contributed by atoms with Crippen molar-refractivity contribution in [3.8, 4) is 0 Å². The third kappa shape index (κ3) is 5.80. The van der Waals surface area contributed by atoms with Crippen LogP contribution >= 0.6 is 0 Å². The number of hydrogen-bond donors (Lipinski definition) is 3. The van der Waals surface area contributed by atoms with Crippen molar-refractivity contribution in [1.29, 1.82) is 0 Å². The second-order valence-corrected chi connectivity index (χ2v) is 7.54. The lowest BCUT2D eigenvalue weighted by Crippen LogP contribution is -2.46. The summed E-state index contributed by atoms with van der Waals surface area (Å²) < 4.78 is 0. The van der Waals surface area contributed by atoms with E-state index in [0.29, 0.717) is 12.6 Å². The van der Waals surface area contributed by atoms with Crippen molar-refractivity contribution in [2.75, 3.05) is 19.6 Å². The fraction of sp³-hybridized carbons (Fsp3) is 0.650. The quantitative estimate of drug-likeness (QED) is 0.664. The van der Waals surface area contributed by atoms with Crippen LogP contribution in [0.25, 0.3) is 0 Å². The van der Waals surface area contributed by atoms with E-state index >= 15 is 0 Å². The molecule has 0 radical (unpaired) electrons. The second-order valence-electron chi connectivity index (χ2n) is 7.54. The average Bonchev–Trinajstić information content (AvgIpc) is 3.45. The topological polar surface area (TPSA) is 72.8 Å². The van der Waals surface area contributed by atoms with E-state index in [2.05, 4.69) is 22.3 Å². The molecule has 1 saturated heterocycles.